The zero-order chi connectivity index (χ0) is 18.4. The van der Waals surface area contributed by atoms with Gasteiger partial charge in [-0.2, -0.15) is 0 Å². The summed E-state index contributed by atoms with van der Waals surface area (Å²) in [5, 5.41) is 6.95. The van der Waals surface area contributed by atoms with Crippen molar-refractivity contribution in [2.24, 2.45) is 0 Å². The van der Waals surface area contributed by atoms with Crippen LogP contribution < -0.4 is 10.6 Å². The molecule has 0 fully saturated rings. The smallest absolute Gasteiger partial charge is 0.246 e. The molecular formula is C22H21ClN2O. The highest BCUT2D eigenvalue weighted by molar-refractivity contribution is 6.31. The van der Waals surface area contributed by atoms with Gasteiger partial charge in [-0.25, -0.2) is 0 Å². The summed E-state index contributed by atoms with van der Waals surface area (Å²) in [4.78, 5) is 12.9. The normalized spacial score (nSPS) is 11.8. The van der Waals surface area contributed by atoms with Crippen LogP contribution in [-0.4, -0.2) is 5.91 Å². The zero-order valence-corrected chi connectivity index (χ0v) is 15.3. The monoisotopic (exact) mass is 364 g/mol. The van der Waals surface area contributed by atoms with Crippen molar-refractivity contribution < 1.29 is 4.79 Å². The van der Waals surface area contributed by atoms with Crippen LogP contribution in [0, 0.1) is 6.92 Å². The van der Waals surface area contributed by atoms with Crippen LogP contribution in [0.15, 0.2) is 78.9 Å². The minimum Gasteiger partial charge on any atom is -0.324 e. The molecule has 0 aromatic heterocycles. The predicted octanol–water partition coefficient (Wildman–Crippen LogP) is 5.12. The van der Waals surface area contributed by atoms with Gasteiger partial charge in [0.25, 0.3) is 0 Å². The van der Waals surface area contributed by atoms with Crippen molar-refractivity contribution in [3.8, 4) is 0 Å². The topological polar surface area (TPSA) is 41.1 Å². The number of hydrogen-bond donors (Lipinski definition) is 2. The molecule has 2 N–H and O–H groups in total. The molecule has 1 unspecified atom stereocenters. The number of aryl methyl sites for hydroxylation is 1. The fourth-order valence-corrected chi connectivity index (χ4v) is 2.89. The van der Waals surface area contributed by atoms with Crippen LogP contribution in [0.2, 0.25) is 5.02 Å². The lowest BCUT2D eigenvalue weighted by Crippen LogP contribution is -2.32. The standard InChI is InChI=1S/C22H21ClN2O/c1-16-12-13-19(14-20(16)23)25-22(26)21(18-10-6-3-7-11-18)24-15-17-8-4-2-5-9-17/h2-14,21,24H,15H2,1H3,(H,25,26). The number of carbonyl (C=O) groups is 1. The molecule has 26 heavy (non-hydrogen) atoms. The Labute approximate surface area is 159 Å². The van der Waals surface area contributed by atoms with Gasteiger partial charge in [0, 0.05) is 17.3 Å². The van der Waals surface area contributed by atoms with Gasteiger partial charge in [-0.3, -0.25) is 10.1 Å². The molecule has 132 valence electrons. The number of halogens is 1. The Morgan fingerprint density at radius 3 is 2.27 bits per heavy atom. The lowest BCUT2D eigenvalue weighted by molar-refractivity contribution is -0.118. The first-order chi connectivity index (χ1) is 12.6. The minimum atomic E-state index is -0.462. The Hall–Kier alpha value is -2.62. The third-order valence-electron chi connectivity index (χ3n) is 4.19. The van der Waals surface area contributed by atoms with E-state index in [9.17, 15) is 4.79 Å². The van der Waals surface area contributed by atoms with Gasteiger partial charge in [-0.15, -0.1) is 0 Å². The van der Waals surface area contributed by atoms with E-state index in [0.29, 0.717) is 17.3 Å². The molecule has 0 spiro atoms. The van der Waals surface area contributed by atoms with Crippen molar-refractivity contribution >= 4 is 23.2 Å². The second-order valence-corrected chi connectivity index (χ2v) is 6.57. The molecular weight excluding hydrogens is 344 g/mol. The van der Waals surface area contributed by atoms with Gasteiger partial charge in [-0.1, -0.05) is 78.3 Å². The van der Waals surface area contributed by atoms with E-state index in [-0.39, 0.29) is 5.91 Å². The number of anilines is 1. The molecule has 3 nitrogen and oxygen atoms in total. The van der Waals surface area contributed by atoms with Gasteiger partial charge in [0.05, 0.1) is 0 Å². The van der Waals surface area contributed by atoms with E-state index in [0.717, 1.165) is 16.7 Å². The van der Waals surface area contributed by atoms with Gasteiger partial charge in [-0.05, 0) is 35.7 Å². The minimum absolute atomic E-state index is 0.118. The van der Waals surface area contributed by atoms with Crippen LogP contribution in [0.5, 0.6) is 0 Å². The summed E-state index contributed by atoms with van der Waals surface area (Å²) in [7, 11) is 0. The van der Waals surface area contributed by atoms with Crippen molar-refractivity contribution in [3.63, 3.8) is 0 Å². The van der Waals surface area contributed by atoms with E-state index in [1.54, 1.807) is 6.07 Å². The number of rotatable bonds is 6. The Balaban J connectivity index is 1.77. The summed E-state index contributed by atoms with van der Waals surface area (Å²) in [6.07, 6.45) is 0. The Bertz CT molecular complexity index is 866. The molecule has 0 bridgehead atoms. The van der Waals surface area contributed by atoms with Gasteiger partial charge >= 0.3 is 0 Å². The Morgan fingerprint density at radius 1 is 0.962 bits per heavy atom. The summed E-state index contributed by atoms with van der Waals surface area (Å²) in [6, 6.07) is 24.8. The highest BCUT2D eigenvalue weighted by Gasteiger charge is 2.20. The van der Waals surface area contributed by atoms with Crippen LogP contribution in [0.3, 0.4) is 0 Å². The third-order valence-corrected chi connectivity index (χ3v) is 4.59. The van der Waals surface area contributed by atoms with E-state index >= 15 is 0 Å². The number of hydrogen-bond acceptors (Lipinski definition) is 2. The van der Waals surface area contributed by atoms with E-state index in [2.05, 4.69) is 10.6 Å². The fourth-order valence-electron chi connectivity index (χ4n) is 2.71. The molecule has 0 heterocycles. The fraction of sp³-hybridized carbons (Fsp3) is 0.136. The van der Waals surface area contributed by atoms with Crippen molar-refractivity contribution in [1.29, 1.82) is 0 Å². The molecule has 0 saturated heterocycles. The quantitative estimate of drug-likeness (QED) is 0.637. The molecule has 3 rings (SSSR count). The van der Waals surface area contributed by atoms with Gasteiger partial charge < -0.3 is 5.32 Å². The zero-order valence-electron chi connectivity index (χ0n) is 14.6. The highest BCUT2D eigenvalue weighted by atomic mass is 35.5. The van der Waals surface area contributed by atoms with Gasteiger partial charge in [0.15, 0.2) is 0 Å². The first-order valence-electron chi connectivity index (χ1n) is 8.53. The van der Waals surface area contributed by atoms with E-state index in [4.69, 9.17) is 11.6 Å². The van der Waals surface area contributed by atoms with Gasteiger partial charge in [0.2, 0.25) is 5.91 Å². The Morgan fingerprint density at radius 2 is 1.62 bits per heavy atom. The van der Waals surface area contributed by atoms with Crippen molar-refractivity contribution in [3.05, 3.63) is 101 Å². The second kappa shape index (κ2) is 8.65. The van der Waals surface area contributed by atoms with Crippen LogP contribution >= 0.6 is 11.6 Å². The molecule has 1 atom stereocenters. The first-order valence-corrected chi connectivity index (χ1v) is 8.90. The summed E-state index contributed by atoms with van der Waals surface area (Å²) < 4.78 is 0. The van der Waals surface area contributed by atoms with Crippen LogP contribution in [-0.2, 0) is 11.3 Å². The number of carbonyl (C=O) groups excluding carboxylic acids is 1. The number of amides is 1. The maximum atomic E-state index is 12.9. The van der Waals surface area contributed by atoms with Crippen molar-refractivity contribution in [2.75, 3.05) is 5.32 Å². The maximum Gasteiger partial charge on any atom is 0.246 e. The molecule has 3 aromatic carbocycles. The summed E-state index contributed by atoms with van der Waals surface area (Å²) in [6.45, 7) is 2.53. The molecule has 0 aliphatic rings. The van der Waals surface area contributed by atoms with E-state index in [1.807, 2.05) is 79.7 Å². The molecule has 0 radical (unpaired) electrons. The van der Waals surface area contributed by atoms with Crippen molar-refractivity contribution in [1.82, 2.24) is 5.32 Å². The van der Waals surface area contributed by atoms with Crippen LogP contribution in [0.1, 0.15) is 22.7 Å². The summed E-state index contributed by atoms with van der Waals surface area (Å²) in [5.74, 6) is -0.118. The summed E-state index contributed by atoms with van der Waals surface area (Å²) in [5.41, 5.74) is 3.71. The van der Waals surface area contributed by atoms with Crippen LogP contribution in [0.25, 0.3) is 0 Å². The van der Waals surface area contributed by atoms with Crippen molar-refractivity contribution in [2.45, 2.75) is 19.5 Å². The van der Waals surface area contributed by atoms with E-state index < -0.39 is 6.04 Å². The molecule has 0 aliphatic carbocycles. The molecule has 3 aromatic rings. The third kappa shape index (κ3) is 4.72. The lowest BCUT2D eigenvalue weighted by Gasteiger charge is -2.19. The highest BCUT2D eigenvalue weighted by Crippen LogP contribution is 2.22. The average Bonchev–Trinajstić information content (AvgIpc) is 2.67. The van der Waals surface area contributed by atoms with Gasteiger partial charge in [0.1, 0.15) is 6.04 Å². The second-order valence-electron chi connectivity index (χ2n) is 6.16. The summed E-state index contributed by atoms with van der Waals surface area (Å²) >= 11 is 6.17. The van der Waals surface area contributed by atoms with E-state index in [1.165, 1.54) is 0 Å². The lowest BCUT2D eigenvalue weighted by atomic mass is 10.1. The molecule has 1 amide bonds. The SMILES string of the molecule is Cc1ccc(NC(=O)C(NCc2ccccc2)c2ccccc2)cc1Cl. The molecule has 0 aliphatic heterocycles. The first kappa shape index (κ1) is 18.2. The maximum absolute atomic E-state index is 12.9. The number of benzene rings is 3. The Kier molecular flexibility index (Phi) is 6.05. The predicted molar refractivity (Wildman–Crippen MR) is 107 cm³/mol. The molecule has 0 saturated carbocycles. The number of nitrogens with one attached hydrogen (secondary N) is 2. The largest absolute Gasteiger partial charge is 0.324 e. The molecule has 4 heteroatoms. The average molecular weight is 365 g/mol. The van der Waals surface area contributed by atoms with Crippen LogP contribution in [0.4, 0.5) is 5.69 Å².